The van der Waals surface area contributed by atoms with Gasteiger partial charge in [0, 0.05) is 5.41 Å². The van der Waals surface area contributed by atoms with Gasteiger partial charge in [-0.05, 0) is 13.0 Å². The molecule has 0 aromatic rings. The van der Waals surface area contributed by atoms with Gasteiger partial charge in [-0.15, -0.1) is 0 Å². The zero-order valence-corrected chi connectivity index (χ0v) is 6.01. The minimum Gasteiger partial charge on any atom is -0.362 e. The first-order chi connectivity index (χ1) is 4.10. The second-order valence-corrected chi connectivity index (χ2v) is 2.90. The van der Waals surface area contributed by atoms with E-state index in [1.807, 2.05) is 13.0 Å². The van der Waals surface area contributed by atoms with Crippen LogP contribution in [0.1, 0.15) is 20.8 Å². The largest absolute Gasteiger partial charge is 0.362 e. The summed E-state index contributed by atoms with van der Waals surface area (Å²) in [5.41, 5.74) is 0.0718. The van der Waals surface area contributed by atoms with E-state index in [4.69, 9.17) is 4.84 Å². The van der Waals surface area contributed by atoms with Crippen molar-refractivity contribution in [2.45, 2.75) is 20.8 Å². The lowest BCUT2D eigenvalue weighted by Gasteiger charge is -2.17. The molecule has 0 bridgehead atoms. The summed E-state index contributed by atoms with van der Waals surface area (Å²) in [5.74, 6) is 0.877. The quantitative estimate of drug-likeness (QED) is 0.484. The molecular formula is C7H11NO. The highest BCUT2D eigenvalue weighted by Gasteiger charge is 2.15. The Morgan fingerprint density at radius 1 is 1.56 bits per heavy atom. The molecule has 1 aliphatic rings. The fourth-order valence-electron chi connectivity index (χ4n) is 0.833. The number of nitrogens with zero attached hydrogens (tertiary/aromatic N) is 1. The van der Waals surface area contributed by atoms with Gasteiger partial charge in [0.1, 0.15) is 5.76 Å². The Kier molecular flexibility index (Phi) is 1.31. The van der Waals surface area contributed by atoms with Gasteiger partial charge >= 0.3 is 0 Å². The Bertz CT molecular complexity index is 168. The van der Waals surface area contributed by atoms with Gasteiger partial charge in [-0.1, -0.05) is 19.0 Å². The summed E-state index contributed by atoms with van der Waals surface area (Å²) in [7, 11) is 0. The Morgan fingerprint density at radius 2 is 2.22 bits per heavy atom. The van der Waals surface area contributed by atoms with E-state index in [0.29, 0.717) is 0 Å². The van der Waals surface area contributed by atoms with Crippen LogP contribution in [0.4, 0.5) is 0 Å². The standard InChI is InChI=1S/C7H11NO/c1-6-4-7(2,3)5-8-9-6/h4-5H,1-3H3. The van der Waals surface area contributed by atoms with Crippen molar-refractivity contribution < 1.29 is 4.84 Å². The molecule has 0 fully saturated rings. The van der Waals surface area contributed by atoms with Crippen molar-refractivity contribution in [3.05, 3.63) is 11.8 Å². The lowest BCUT2D eigenvalue weighted by Crippen LogP contribution is -2.13. The molecule has 50 valence electrons. The molecule has 0 aliphatic carbocycles. The summed E-state index contributed by atoms with van der Waals surface area (Å²) >= 11 is 0. The van der Waals surface area contributed by atoms with Gasteiger partial charge in [-0.25, -0.2) is 0 Å². The molecule has 9 heavy (non-hydrogen) atoms. The molecule has 1 aliphatic heterocycles. The van der Waals surface area contributed by atoms with E-state index in [0.717, 1.165) is 5.76 Å². The maximum absolute atomic E-state index is 4.84. The molecule has 0 radical (unpaired) electrons. The fourth-order valence-corrected chi connectivity index (χ4v) is 0.833. The van der Waals surface area contributed by atoms with Crippen molar-refractivity contribution in [3.8, 4) is 0 Å². The second-order valence-electron chi connectivity index (χ2n) is 2.90. The lowest BCUT2D eigenvalue weighted by atomic mass is 9.94. The average molecular weight is 125 g/mol. The van der Waals surface area contributed by atoms with Crippen LogP contribution in [0.3, 0.4) is 0 Å². The van der Waals surface area contributed by atoms with Crippen LogP contribution in [0, 0.1) is 5.41 Å². The van der Waals surface area contributed by atoms with Gasteiger partial charge in [0.25, 0.3) is 0 Å². The summed E-state index contributed by atoms with van der Waals surface area (Å²) in [6.45, 7) is 6.07. The second kappa shape index (κ2) is 1.87. The van der Waals surface area contributed by atoms with Crippen molar-refractivity contribution in [1.82, 2.24) is 0 Å². The average Bonchev–Trinajstić information content (AvgIpc) is 1.60. The van der Waals surface area contributed by atoms with Crippen LogP contribution in [0.25, 0.3) is 0 Å². The molecule has 0 atom stereocenters. The molecule has 0 spiro atoms. The van der Waals surface area contributed by atoms with Crippen LogP contribution >= 0.6 is 0 Å². The minimum atomic E-state index is 0.0718. The third-order valence-electron chi connectivity index (χ3n) is 1.16. The van der Waals surface area contributed by atoms with Crippen molar-refractivity contribution in [3.63, 3.8) is 0 Å². The smallest absolute Gasteiger partial charge is 0.128 e. The summed E-state index contributed by atoms with van der Waals surface area (Å²) in [4.78, 5) is 4.84. The van der Waals surface area contributed by atoms with Crippen LogP contribution in [0.15, 0.2) is 17.0 Å². The highest BCUT2D eigenvalue weighted by Crippen LogP contribution is 2.20. The Morgan fingerprint density at radius 3 is 2.56 bits per heavy atom. The molecule has 0 N–H and O–H groups in total. The van der Waals surface area contributed by atoms with Crippen molar-refractivity contribution in [1.29, 1.82) is 0 Å². The van der Waals surface area contributed by atoms with E-state index in [1.54, 1.807) is 6.21 Å². The van der Waals surface area contributed by atoms with E-state index >= 15 is 0 Å². The van der Waals surface area contributed by atoms with E-state index in [9.17, 15) is 0 Å². The number of rotatable bonds is 0. The summed E-state index contributed by atoms with van der Waals surface area (Å²) in [5, 5.41) is 3.72. The molecule has 1 heterocycles. The van der Waals surface area contributed by atoms with Crippen LogP contribution in [0.5, 0.6) is 0 Å². The molecule has 0 aromatic carbocycles. The minimum absolute atomic E-state index is 0.0718. The van der Waals surface area contributed by atoms with Gasteiger partial charge in [-0.3, -0.25) is 0 Å². The first kappa shape index (κ1) is 6.33. The van der Waals surface area contributed by atoms with E-state index in [2.05, 4.69) is 19.0 Å². The molecule has 0 aromatic heterocycles. The van der Waals surface area contributed by atoms with Crippen molar-refractivity contribution >= 4 is 6.21 Å². The zero-order valence-electron chi connectivity index (χ0n) is 6.01. The number of hydrogen-bond donors (Lipinski definition) is 0. The Balaban J connectivity index is 2.78. The third-order valence-corrected chi connectivity index (χ3v) is 1.16. The maximum Gasteiger partial charge on any atom is 0.128 e. The zero-order chi connectivity index (χ0) is 6.91. The van der Waals surface area contributed by atoms with Gasteiger partial charge in [0.15, 0.2) is 0 Å². The molecule has 1 rings (SSSR count). The molecule has 0 saturated heterocycles. The predicted molar refractivity (Wildman–Crippen MR) is 37.1 cm³/mol. The highest BCUT2D eigenvalue weighted by atomic mass is 16.6. The van der Waals surface area contributed by atoms with E-state index < -0.39 is 0 Å². The third kappa shape index (κ3) is 1.56. The monoisotopic (exact) mass is 125 g/mol. The van der Waals surface area contributed by atoms with Crippen LogP contribution < -0.4 is 0 Å². The maximum atomic E-state index is 4.84. The Labute approximate surface area is 55.2 Å². The van der Waals surface area contributed by atoms with Crippen LogP contribution in [-0.2, 0) is 4.84 Å². The highest BCUT2D eigenvalue weighted by molar-refractivity contribution is 5.67. The summed E-state index contributed by atoms with van der Waals surface area (Å²) in [6.07, 6.45) is 3.83. The topological polar surface area (TPSA) is 21.6 Å². The normalized spacial score (nSPS) is 22.8. The van der Waals surface area contributed by atoms with Gasteiger partial charge < -0.3 is 4.84 Å². The van der Waals surface area contributed by atoms with E-state index in [1.165, 1.54) is 0 Å². The number of allylic oxidation sites excluding steroid dienone is 2. The molecule has 0 unspecified atom stereocenters. The first-order valence-corrected chi connectivity index (χ1v) is 3.01. The molecule has 0 saturated carbocycles. The molecule has 2 heteroatoms. The molecule has 0 amide bonds. The van der Waals surface area contributed by atoms with Crippen LogP contribution in [-0.4, -0.2) is 6.21 Å². The number of hydrogen-bond acceptors (Lipinski definition) is 2. The molecule has 2 nitrogen and oxygen atoms in total. The van der Waals surface area contributed by atoms with Gasteiger partial charge in [0.05, 0.1) is 6.21 Å². The van der Waals surface area contributed by atoms with Gasteiger partial charge in [0.2, 0.25) is 0 Å². The van der Waals surface area contributed by atoms with Crippen molar-refractivity contribution in [2.24, 2.45) is 10.6 Å². The lowest BCUT2D eigenvalue weighted by molar-refractivity contribution is 0.215. The summed E-state index contributed by atoms with van der Waals surface area (Å²) in [6, 6.07) is 0. The first-order valence-electron chi connectivity index (χ1n) is 3.01. The fraction of sp³-hybridized carbons (Fsp3) is 0.571. The number of oxime groups is 1. The SMILES string of the molecule is CC1=CC(C)(C)C=NO1. The Hall–Kier alpha value is -0.790. The van der Waals surface area contributed by atoms with E-state index in [-0.39, 0.29) is 5.41 Å². The van der Waals surface area contributed by atoms with Crippen LogP contribution in [0.2, 0.25) is 0 Å². The van der Waals surface area contributed by atoms with Gasteiger partial charge in [-0.2, -0.15) is 0 Å². The predicted octanol–water partition coefficient (Wildman–Crippen LogP) is 1.93. The summed E-state index contributed by atoms with van der Waals surface area (Å²) < 4.78 is 0. The molecular weight excluding hydrogens is 114 g/mol. The van der Waals surface area contributed by atoms with Crippen molar-refractivity contribution in [2.75, 3.05) is 0 Å².